The molecule has 0 radical (unpaired) electrons. The maximum Gasteiger partial charge on any atom is 0.0796 e. The third-order valence-electron chi connectivity index (χ3n) is 3.74. The van der Waals surface area contributed by atoms with E-state index in [2.05, 4.69) is 49.4 Å². The molecule has 3 rings (SSSR count). The third-order valence-corrected chi connectivity index (χ3v) is 3.74. The molecule has 0 aromatic heterocycles. The van der Waals surface area contributed by atoms with E-state index in [-0.39, 0.29) is 6.10 Å². The van der Waals surface area contributed by atoms with E-state index in [0.717, 1.165) is 18.4 Å². The SMILES string of the molecule is CCCC(O)c1cccc2c1ccc1ccccc12. The van der Waals surface area contributed by atoms with Crippen LogP contribution in [0.25, 0.3) is 21.5 Å². The van der Waals surface area contributed by atoms with Crippen LogP contribution < -0.4 is 0 Å². The Balaban J connectivity index is 2.29. The Morgan fingerprint density at radius 1 is 0.842 bits per heavy atom. The smallest absolute Gasteiger partial charge is 0.0796 e. The van der Waals surface area contributed by atoms with Gasteiger partial charge in [-0.05, 0) is 33.5 Å². The van der Waals surface area contributed by atoms with Gasteiger partial charge in [0.25, 0.3) is 0 Å². The zero-order chi connectivity index (χ0) is 13.2. The van der Waals surface area contributed by atoms with Crippen LogP contribution in [0, 0.1) is 0 Å². The molecule has 0 saturated carbocycles. The van der Waals surface area contributed by atoms with E-state index in [9.17, 15) is 5.11 Å². The molecule has 3 aromatic carbocycles. The van der Waals surface area contributed by atoms with Crippen LogP contribution >= 0.6 is 0 Å². The molecule has 0 bridgehead atoms. The minimum absolute atomic E-state index is 0.366. The van der Waals surface area contributed by atoms with Crippen molar-refractivity contribution in [3.63, 3.8) is 0 Å². The van der Waals surface area contributed by atoms with E-state index < -0.39 is 0 Å². The lowest BCUT2D eigenvalue weighted by molar-refractivity contribution is 0.168. The predicted octanol–water partition coefficient (Wildman–Crippen LogP) is 4.83. The monoisotopic (exact) mass is 250 g/mol. The lowest BCUT2D eigenvalue weighted by atomic mass is 9.94. The van der Waals surface area contributed by atoms with Crippen LogP contribution in [0.1, 0.15) is 31.4 Å². The van der Waals surface area contributed by atoms with Crippen LogP contribution in [-0.2, 0) is 0 Å². The average molecular weight is 250 g/mol. The van der Waals surface area contributed by atoms with Gasteiger partial charge in [-0.25, -0.2) is 0 Å². The molecule has 1 heteroatoms. The molecule has 0 fully saturated rings. The summed E-state index contributed by atoms with van der Waals surface area (Å²) in [6.07, 6.45) is 1.44. The largest absolute Gasteiger partial charge is 0.388 e. The molecule has 0 saturated heterocycles. The first-order valence-corrected chi connectivity index (χ1v) is 6.89. The van der Waals surface area contributed by atoms with Gasteiger partial charge < -0.3 is 5.11 Å². The van der Waals surface area contributed by atoms with Gasteiger partial charge in [-0.2, -0.15) is 0 Å². The number of aliphatic hydroxyl groups is 1. The van der Waals surface area contributed by atoms with Crippen molar-refractivity contribution in [2.45, 2.75) is 25.9 Å². The Morgan fingerprint density at radius 3 is 2.47 bits per heavy atom. The second-order valence-corrected chi connectivity index (χ2v) is 5.03. The summed E-state index contributed by atoms with van der Waals surface area (Å²) in [5.74, 6) is 0. The molecule has 1 unspecified atom stereocenters. The van der Waals surface area contributed by atoms with Gasteiger partial charge in [0, 0.05) is 0 Å². The van der Waals surface area contributed by atoms with Crippen molar-refractivity contribution in [2.24, 2.45) is 0 Å². The Labute approximate surface area is 113 Å². The summed E-state index contributed by atoms with van der Waals surface area (Å²) in [4.78, 5) is 0. The molecule has 96 valence electrons. The zero-order valence-corrected chi connectivity index (χ0v) is 11.1. The van der Waals surface area contributed by atoms with Crippen molar-refractivity contribution in [3.8, 4) is 0 Å². The molecule has 0 aliphatic rings. The lowest BCUT2D eigenvalue weighted by Crippen LogP contribution is -1.97. The van der Waals surface area contributed by atoms with Crippen LogP contribution in [0.15, 0.2) is 54.6 Å². The number of hydrogen-bond donors (Lipinski definition) is 1. The minimum atomic E-state index is -0.366. The van der Waals surface area contributed by atoms with Crippen molar-refractivity contribution >= 4 is 21.5 Å². The molecule has 19 heavy (non-hydrogen) atoms. The normalized spacial score (nSPS) is 12.9. The van der Waals surface area contributed by atoms with Crippen LogP contribution in [0.5, 0.6) is 0 Å². The Kier molecular flexibility index (Phi) is 3.22. The van der Waals surface area contributed by atoms with Crippen molar-refractivity contribution in [3.05, 3.63) is 60.2 Å². The Bertz CT molecular complexity index is 715. The van der Waals surface area contributed by atoms with Crippen molar-refractivity contribution < 1.29 is 5.11 Å². The maximum atomic E-state index is 10.3. The number of rotatable bonds is 3. The number of fused-ring (bicyclic) bond motifs is 3. The molecule has 0 spiro atoms. The van der Waals surface area contributed by atoms with Gasteiger partial charge >= 0.3 is 0 Å². The van der Waals surface area contributed by atoms with Crippen molar-refractivity contribution in [2.75, 3.05) is 0 Å². The molecule has 0 amide bonds. The Hall–Kier alpha value is -1.86. The van der Waals surface area contributed by atoms with E-state index in [1.807, 2.05) is 12.1 Å². The van der Waals surface area contributed by atoms with Crippen LogP contribution in [0.3, 0.4) is 0 Å². The fourth-order valence-electron chi connectivity index (χ4n) is 2.78. The fourth-order valence-corrected chi connectivity index (χ4v) is 2.78. The summed E-state index contributed by atoms with van der Waals surface area (Å²) < 4.78 is 0. The molecular formula is C18H18O. The number of aliphatic hydroxyl groups excluding tert-OH is 1. The van der Waals surface area contributed by atoms with Crippen LogP contribution in [-0.4, -0.2) is 5.11 Å². The van der Waals surface area contributed by atoms with Gasteiger partial charge in [-0.1, -0.05) is 67.9 Å². The summed E-state index contributed by atoms with van der Waals surface area (Å²) in [6.45, 7) is 2.10. The highest BCUT2D eigenvalue weighted by Gasteiger charge is 2.11. The molecule has 0 aliphatic carbocycles. The highest BCUT2D eigenvalue weighted by atomic mass is 16.3. The lowest BCUT2D eigenvalue weighted by Gasteiger charge is -2.14. The van der Waals surface area contributed by atoms with E-state index >= 15 is 0 Å². The van der Waals surface area contributed by atoms with Crippen molar-refractivity contribution in [1.82, 2.24) is 0 Å². The maximum absolute atomic E-state index is 10.3. The minimum Gasteiger partial charge on any atom is -0.388 e. The molecule has 3 aromatic rings. The van der Waals surface area contributed by atoms with Gasteiger partial charge in [-0.3, -0.25) is 0 Å². The average Bonchev–Trinajstić information content (AvgIpc) is 2.46. The van der Waals surface area contributed by atoms with Crippen LogP contribution in [0.2, 0.25) is 0 Å². The summed E-state index contributed by atoms with van der Waals surface area (Å²) in [5, 5.41) is 15.2. The quantitative estimate of drug-likeness (QED) is 0.660. The summed E-state index contributed by atoms with van der Waals surface area (Å²) >= 11 is 0. The first-order valence-electron chi connectivity index (χ1n) is 6.89. The number of benzene rings is 3. The molecular weight excluding hydrogens is 232 g/mol. The molecule has 1 atom stereocenters. The second kappa shape index (κ2) is 5.02. The van der Waals surface area contributed by atoms with E-state index in [0.29, 0.717) is 0 Å². The van der Waals surface area contributed by atoms with Gasteiger partial charge in [0.15, 0.2) is 0 Å². The standard InChI is InChI=1S/C18H18O/c1-2-6-18(19)17-10-5-9-15-14-8-4-3-7-13(14)11-12-16(15)17/h3-5,7-12,18-19H,2,6H2,1H3. The van der Waals surface area contributed by atoms with E-state index in [1.165, 1.54) is 21.5 Å². The second-order valence-electron chi connectivity index (χ2n) is 5.03. The number of hydrogen-bond acceptors (Lipinski definition) is 1. The van der Waals surface area contributed by atoms with Crippen LogP contribution in [0.4, 0.5) is 0 Å². The van der Waals surface area contributed by atoms with E-state index in [4.69, 9.17) is 0 Å². The molecule has 1 nitrogen and oxygen atoms in total. The van der Waals surface area contributed by atoms with E-state index in [1.54, 1.807) is 0 Å². The molecule has 1 N–H and O–H groups in total. The Morgan fingerprint density at radius 2 is 1.63 bits per heavy atom. The highest BCUT2D eigenvalue weighted by Crippen LogP contribution is 2.31. The molecule has 0 aliphatic heterocycles. The third kappa shape index (κ3) is 2.11. The van der Waals surface area contributed by atoms with Gasteiger partial charge in [0.2, 0.25) is 0 Å². The van der Waals surface area contributed by atoms with Gasteiger partial charge in [-0.15, -0.1) is 0 Å². The first kappa shape index (κ1) is 12.2. The van der Waals surface area contributed by atoms with Gasteiger partial charge in [0.1, 0.15) is 0 Å². The highest BCUT2D eigenvalue weighted by molar-refractivity contribution is 6.08. The summed E-state index contributed by atoms with van der Waals surface area (Å²) in [5.41, 5.74) is 1.05. The first-order chi connectivity index (χ1) is 9.31. The summed E-state index contributed by atoms with van der Waals surface area (Å²) in [6, 6.07) is 18.9. The zero-order valence-electron chi connectivity index (χ0n) is 11.1. The topological polar surface area (TPSA) is 20.2 Å². The molecule has 0 heterocycles. The summed E-state index contributed by atoms with van der Waals surface area (Å²) in [7, 11) is 0. The fraction of sp³-hybridized carbons (Fsp3) is 0.222. The van der Waals surface area contributed by atoms with Crippen molar-refractivity contribution in [1.29, 1.82) is 0 Å². The predicted molar refractivity (Wildman–Crippen MR) is 81.3 cm³/mol. The van der Waals surface area contributed by atoms with Gasteiger partial charge in [0.05, 0.1) is 6.10 Å².